The lowest BCUT2D eigenvalue weighted by Crippen LogP contribution is -2.02. The lowest BCUT2D eigenvalue weighted by atomic mass is 10.0. The molecule has 0 aliphatic heterocycles. The van der Waals surface area contributed by atoms with Gasteiger partial charge in [-0.3, -0.25) is 4.79 Å². The Labute approximate surface area is 297 Å². The zero-order valence-corrected chi connectivity index (χ0v) is 31.4. The molecule has 2 aromatic rings. The number of hydrogen-bond acceptors (Lipinski definition) is 4. The van der Waals surface area contributed by atoms with E-state index in [0.29, 0.717) is 18.7 Å². The molecule has 2 N–H and O–H groups in total. The third-order valence-electron chi connectivity index (χ3n) is 8.79. The van der Waals surface area contributed by atoms with Crippen LogP contribution in [0, 0.1) is 0 Å². The van der Waals surface area contributed by atoms with Crippen LogP contribution < -0.4 is 5.73 Å². The van der Waals surface area contributed by atoms with Gasteiger partial charge in [-0.05, 0) is 30.5 Å². The molecule has 4 heteroatoms. The molecule has 0 heterocycles. The Morgan fingerprint density at radius 2 is 0.875 bits per heavy atom. The number of benzene rings is 2. The molecule has 0 aliphatic rings. The first-order valence-corrected chi connectivity index (χ1v) is 20.0. The number of unbranched alkanes of at least 4 members (excludes halogenated alkanes) is 23. The van der Waals surface area contributed by atoms with Crippen molar-refractivity contribution >= 4 is 17.6 Å². The summed E-state index contributed by atoms with van der Waals surface area (Å²) in [5.41, 5.74) is 7.33. The van der Waals surface area contributed by atoms with Gasteiger partial charge in [0.25, 0.3) is 0 Å². The highest BCUT2D eigenvalue weighted by Gasteiger charge is 2.03. The van der Waals surface area contributed by atoms with Gasteiger partial charge in [-0.25, -0.2) is 9.79 Å². The smallest absolute Gasteiger partial charge is 0.234 e. The highest BCUT2D eigenvalue weighted by atomic mass is 16.1. The molecule has 0 saturated heterocycles. The summed E-state index contributed by atoms with van der Waals surface area (Å²) >= 11 is 0. The van der Waals surface area contributed by atoms with Crippen molar-refractivity contribution in [2.24, 2.45) is 4.99 Å². The zero-order valence-electron chi connectivity index (χ0n) is 31.4. The fraction of sp³-hybridized carbons (Fsp3) is 0.682. The number of rotatable bonds is 29. The van der Waals surface area contributed by atoms with Crippen molar-refractivity contribution in [3.05, 3.63) is 66.2 Å². The molecule has 0 saturated carbocycles. The fourth-order valence-corrected chi connectivity index (χ4v) is 5.78. The molecule has 0 aromatic heterocycles. The molecule has 272 valence electrons. The fourth-order valence-electron chi connectivity index (χ4n) is 5.78. The van der Waals surface area contributed by atoms with E-state index in [-0.39, 0.29) is 0 Å². The van der Waals surface area contributed by atoms with E-state index in [9.17, 15) is 9.59 Å². The Kier molecular flexibility index (Phi) is 36.5. The van der Waals surface area contributed by atoms with Crippen LogP contribution in [0.5, 0.6) is 0 Å². The normalized spacial score (nSPS) is 10.3. The van der Waals surface area contributed by atoms with Crippen molar-refractivity contribution < 1.29 is 9.59 Å². The minimum absolute atomic E-state index is 0.393. The van der Waals surface area contributed by atoms with Crippen LogP contribution in [0.4, 0.5) is 5.69 Å². The quantitative estimate of drug-likeness (QED) is 0.0408. The average molecular weight is 663 g/mol. The molecule has 2 aromatic carbocycles. The Morgan fingerprint density at radius 3 is 1.23 bits per heavy atom. The number of para-hydroxylation sites is 1. The number of isocyanates is 1. The van der Waals surface area contributed by atoms with Gasteiger partial charge in [0.2, 0.25) is 6.08 Å². The first-order chi connectivity index (χ1) is 23.6. The molecular formula is C44H74N2O2. The van der Waals surface area contributed by atoms with Gasteiger partial charge in [0, 0.05) is 18.5 Å². The van der Waals surface area contributed by atoms with Gasteiger partial charge in [-0.15, -0.1) is 0 Å². The molecule has 4 nitrogen and oxygen atoms in total. The SMILES string of the molecule is CCCCCCCCCCCCCCCC(=O)Cc1ccccc1.CCCCCCCCCCCCCCN=C=O.Nc1ccccc1. The standard InChI is InChI=1S/C23H38O.C15H29NO.C6H7N/c1-2-3-4-5-6-7-8-9-10-11-12-13-17-20-23(24)21-22-18-15-14-16-19-22;1-2-3-4-5-6-7-8-9-10-11-12-13-14-16-15-17;7-6-4-2-1-3-5-6/h14-16,18-19H,2-13,17,20-21H2,1H3;2-14H2,1H3;1-5H,7H2. The number of nitrogen functional groups attached to an aromatic ring is 1. The van der Waals surface area contributed by atoms with Crippen molar-refractivity contribution in [2.75, 3.05) is 12.3 Å². The number of carbonyl (C=O) groups excluding carboxylic acids is 2. The van der Waals surface area contributed by atoms with E-state index >= 15 is 0 Å². The van der Waals surface area contributed by atoms with Crippen molar-refractivity contribution in [1.82, 2.24) is 0 Å². The Morgan fingerprint density at radius 1 is 0.521 bits per heavy atom. The van der Waals surface area contributed by atoms with Crippen LogP contribution in [0.3, 0.4) is 0 Å². The van der Waals surface area contributed by atoms with E-state index in [0.717, 1.165) is 30.5 Å². The summed E-state index contributed by atoms with van der Waals surface area (Å²) < 4.78 is 0. The molecule has 0 bridgehead atoms. The Bertz CT molecular complexity index is 956. The van der Waals surface area contributed by atoms with Gasteiger partial charge in [0.05, 0.1) is 6.54 Å². The molecule has 0 atom stereocenters. The molecule has 0 radical (unpaired) electrons. The lowest BCUT2D eigenvalue weighted by Gasteiger charge is -2.03. The van der Waals surface area contributed by atoms with E-state index in [2.05, 4.69) is 18.8 Å². The van der Waals surface area contributed by atoms with E-state index in [1.807, 2.05) is 60.7 Å². The number of anilines is 1. The maximum absolute atomic E-state index is 11.9. The van der Waals surface area contributed by atoms with Crippen molar-refractivity contribution in [2.45, 2.75) is 187 Å². The summed E-state index contributed by atoms with van der Waals surface area (Å²) in [7, 11) is 0. The maximum Gasteiger partial charge on any atom is 0.234 e. The highest BCUT2D eigenvalue weighted by molar-refractivity contribution is 5.80. The topological polar surface area (TPSA) is 72.5 Å². The number of nitrogens with two attached hydrogens (primary N) is 1. The van der Waals surface area contributed by atoms with Crippen LogP contribution >= 0.6 is 0 Å². The molecule has 0 aliphatic carbocycles. The molecule has 0 unspecified atom stereocenters. The van der Waals surface area contributed by atoms with Crippen molar-refractivity contribution in [3.8, 4) is 0 Å². The maximum atomic E-state index is 11.9. The first kappa shape index (κ1) is 45.3. The number of carbonyl (C=O) groups is 1. The molecule has 0 spiro atoms. The average Bonchev–Trinajstić information content (AvgIpc) is 3.10. The van der Waals surface area contributed by atoms with Crippen LogP contribution in [-0.4, -0.2) is 18.4 Å². The molecular weight excluding hydrogens is 588 g/mol. The zero-order chi connectivity index (χ0) is 35.0. The van der Waals surface area contributed by atoms with E-state index in [4.69, 9.17) is 5.73 Å². The Balaban J connectivity index is 0.000000793. The number of ketones is 1. The van der Waals surface area contributed by atoms with Crippen LogP contribution in [0.25, 0.3) is 0 Å². The van der Waals surface area contributed by atoms with Gasteiger partial charge in [0.1, 0.15) is 5.78 Å². The number of nitrogens with zero attached hydrogens (tertiary/aromatic N) is 1. The van der Waals surface area contributed by atoms with Crippen LogP contribution in [0.15, 0.2) is 65.7 Å². The van der Waals surface area contributed by atoms with E-state index < -0.39 is 0 Å². The second-order valence-electron chi connectivity index (χ2n) is 13.5. The van der Waals surface area contributed by atoms with E-state index in [1.165, 1.54) is 148 Å². The number of hydrogen-bond donors (Lipinski definition) is 1. The van der Waals surface area contributed by atoms with Gasteiger partial charge < -0.3 is 5.73 Å². The largest absolute Gasteiger partial charge is 0.399 e. The summed E-state index contributed by atoms with van der Waals surface area (Å²) in [6.07, 6.45) is 36.7. The first-order valence-electron chi connectivity index (χ1n) is 20.0. The summed E-state index contributed by atoms with van der Waals surface area (Å²) in [6, 6.07) is 19.6. The minimum Gasteiger partial charge on any atom is -0.399 e. The number of aliphatic imine (C=N–C) groups is 1. The predicted molar refractivity (Wildman–Crippen MR) is 210 cm³/mol. The molecule has 2 rings (SSSR count). The predicted octanol–water partition coefficient (Wildman–Crippen LogP) is 13.6. The van der Waals surface area contributed by atoms with Gasteiger partial charge in [-0.1, -0.05) is 210 Å². The lowest BCUT2D eigenvalue weighted by molar-refractivity contribution is -0.118. The molecule has 0 amide bonds. The van der Waals surface area contributed by atoms with Crippen LogP contribution in [-0.2, 0) is 16.0 Å². The second kappa shape index (κ2) is 38.7. The summed E-state index contributed by atoms with van der Waals surface area (Å²) in [5.74, 6) is 0.393. The third-order valence-corrected chi connectivity index (χ3v) is 8.79. The third kappa shape index (κ3) is 36.1. The highest BCUT2D eigenvalue weighted by Crippen LogP contribution is 2.14. The van der Waals surface area contributed by atoms with Crippen LogP contribution in [0.1, 0.15) is 186 Å². The second-order valence-corrected chi connectivity index (χ2v) is 13.5. The van der Waals surface area contributed by atoms with Gasteiger partial charge >= 0.3 is 0 Å². The minimum atomic E-state index is 0.393. The summed E-state index contributed by atoms with van der Waals surface area (Å²) in [5, 5.41) is 0. The van der Waals surface area contributed by atoms with Gasteiger partial charge in [0.15, 0.2) is 0 Å². The Hall–Kier alpha value is -2.71. The van der Waals surface area contributed by atoms with E-state index in [1.54, 1.807) is 6.08 Å². The summed E-state index contributed by atoms with van der Waals surface area (Å²) in [6.45, 7) is 5.21. The monoisotopic (exact) mass is 663 g/mol. The molecule has 0 fully saturated rings. The molecule has 48 heavy (non-hydrogen) atoms. The van der Waals surface area contributed by atoms with Crippen molar-refractivity contribution in [1.29, 1.82) is 0 Å². The van der Waals surface area contributed by atoms with Crippen molar-refractivity contribution in [3.63, 3.8) is 0 Å². The van der Waals surface area contributed by atoms with Gasteiger partial charge in [-0.2, -0.15) is 0 Å². The van der Waals surface area contributed by atoms with Crippen LogP contribution in [0.2, 0.25) is 0 Å². The number of Topliss-reactive ketones (excluding diaryl/α,β-unsaturated/α-hetero) is 1. The summed E-state index contributed by atoms with van der Waals surface area (Å²) in [4.78, 5) is 25.3.